The van der Waals surface area contributed by atoms with Crippen molar-refractivity contribution in [3.05, 3.63) is 59.7 Å². The molecule has 1 amide bonds. The molecule has 1 aliphatic heterocycles. The summed E-state index contributed by atoms with van der Waals surface area (Å²) in [6.07, 6.45) is 0.852. The largest absolute Gasteiger partial charge is 0.495 e. The van der Waals surface area contributed by atoms with E-state index in [0.29, 0.717) is 31.9 Å². The Balaban J connectivity index is 1.80. The highest BCUT2D eigenvalue weighted by Crippen LogP contribution is 2.31. The maximum atomic E-state index is 13.2. The van der Waals surface area contributed by atoms with E-state index in [2.05, 4.69) is 26.1 Å². The minimum Gasteiger partial charge on any atom is -0.495 e. The van der Waals surface area contributed by atoms with Crippen LogP contribution in [-0.2, 0) is 26.0 Å². The number of benzene rings is 2. The van der Waals surface area contributed by atoms with Crippen molar-refractivity contribution in [2.24, 2.45) is 5.41 Å². The molecule has 1 saturated heterocycles. The highest BCUT2D eigenvalue weighted by molar-refractivity contribution is 7.89. The van der Waals surface area contributed by atoms with Crippen molar-refractivity contribution in [1.29, 1.82) is 0 Å². The van der Waals surface area contributed by atoms with Gasteiger partial charge in [-0.05, 0) is 35.1 Å². The Kier molecular flexibility index (Phi) is 8.15. The first-order valence-corrected chi connectivity index (χ1v) is 12.6. The van der Waals surface area contributed by atoms with Crippen LogP contribution in [0.2, 0.25) is 0 Å². The molecule has 2 aromatic carbocycles. The Morgan fingerprint density at radius 1 is 1.12 bits per heavy atom. The van der Waals surface area contributed by atoms with Crippen LogP contribution in [0, 0.1) is 5.41 Å². The van der Waals surface area contributed by atoms with Gasteiger partial charge in [0.15, 0.2) is 0 Å². The molecule has 33 heavy (non-hydrogen) atoms. The van der Waals surface area contributed by atoms with Crippen molar-refractivity contribution >= 4 is 15.9 Å². The minimum atomic E-state index is -3.76. The maximum absolute atomic E-state index is 13.2. The fourth-order valence-corrected chi connectivity index (χ4v) is 5.55. The molecule has 0 saturated carbocycles. The number of ether oxygens (including phenoxy) is 2. The first-order valence-electron chi connectivity index (χ1n) is 11.2. The zero-order chi connectivity index (χ0) is 24.1. The van der Waals surface area contributed by atoms with Crippen LogP contribution in [-0.4, -0.2) is 52.0 Å². The summed E-state index contributed by atoms with van der Waals surface area (Å²) in [5.74, 6) is 0.105. The maximum Gasteiger partial charge on any atom is 0.246 e. The standard InChI is InChI=1S/C25H34N2O5S/c1-25(2,3)18-21(20-8-6-5-7-9-20)26-24(28)17-19-10-11-22(31-4)23(16-19)33(29,30)27-12-14-32-15-13-27/h5-11,16,21H,12-15,17-18H2,1-4H3,(H,26,28). The quantitative estimate of drug-likeness (QED) is 0.633. The number of rotatable bonds is 8. The lowest BCUT2D eigenvalue weighted by molar-refractivity contribution is -0.121. The molecule has 3 rings (SSSR count). The average molecular weight is 475 g/mol. The molecule has 1 atom stereocenters. The molecule has 0 aromatic heterocycles. The van der Waals surface area contributed by atoms with E-state index < -0.39 is 10.0 Å². The molecule has 1 N–H and O–H groups in total. The molecular formula is C25H34N2O5S. The molecular weight excluding hydrogens is 440 g/mol. The Morgan fingerprint density at radius 2 is 1.79 bits per heavy atom. The Bertz CT molecular complexity index is 1040. The van der Waals surface area contributed by atoms with Crippen molar-refractivity contribution in [3.63, 3.8) is 0 Å². The lowest BCUT2D eigenvalue weighted by Crippen LogP contribution is -2.40. The molecule has 0 aliphatic carbocycles. The zero-order valence-corrected chi connectivity index (χ0v) is 20.7. The van der Waals surface area contributed by atoms with Gasteiger partial charge in [-0.3, -0.25) is 4.79 Å². The number of morpholine rings is 1. The Hall–Kier alpha value is -2.42. The van der Waals surface area contributed by atoms with Crippen LogP contribution in [0.25, 0.3) is 0 Å². The predicted octanol–water partition coefficient (Wildman–Crippen LogP) is 3.55. The van der Waals surface area contributed by atoms with Crippen molar-refractivity contribution in [2.75, 3.05) is 33.4 Å². The van der Waals surface area contributed by atoms with E-state index in [1.54, 1.807) is 18.2 Å². The average Bonchev–Trinajstić information content (AvgIpc) is 2.79. The lowest BCUT2D eigenvalue weighted by Gasteiger charge is -2.28. The van der Waals surface area contributed by atoms with Crippen LogP contribution in [0.3, 0.4) is 0 Å². The lowest BCUT2D eigenvalue weighted by atomic mass is 9.85. The van der Waals surface area contributed by atoms with E-state index in [1.807, 2.05) is 30.3 Å². The number of hydrogen-bond donors (Lipinski definition) is 1. The van der Waals surface area contributed by atoms with Gasteiger partial charge in [0, 0.05) is 13.1 Å². The molecule has 1 unspecified atom stereocenters. The second-order valence-corrected chi connectivity index (χ2v) is 11.4. The summed E-state index contributed by atoms with van der Waals surface area (Å²) in [6, 6.07) is 14.7. The Morgan fingerprint density at radius 3 is 2.39 bits per heavy atom. The summed E-state index contributed by atoms with van der Waals surface area (Å²) in [4.78, 5) is 13.1. The van der Waals surface area contributed by atoms with Gasteiger partial charge >= 0.3 is 0 Å². The molecule has 7 nitrogen and oxygen atoms in total. The third kappa shape index (κ3) is 6.79. The molecule has 0 bridgehead atoms. The van der Waals surface area contributed by atoms with Crippen molar-refractivity contribution in [1.82, 2.24) is 9.62 Å². The molecule has 2 aromatic rings. The van der Waals surface area contributed by atoms with Gasteiger partial charge in [0.1, 0.15) is 10.6 Å². The summed E-state index contributed by atoms with van der Waals surface area (Å²) < 4.78 is 38.4. The van der Waals surface area contributed by atoms with Gasteiger partial charge in [0.25, 0.3) is 0 Å². The number of amides is 1. The van der Waals surface area contributed by atoms with Gasteiger partial charge in [-0.25, -0.2) is 8.42 Å². The van der Waals surface area contributed by atoms with Crippen LogP contribution in [0.1, 0.15) is 44.4 Å². The molecule has 8 heteroatoms. The molecule has 0 spiro atoms. The highest BCUT2D eigenvalue weighted by atomic mass is 32.2. The van der Waals surface area contributed by atoms with Crippen molar-refractivity contribution < 1.29 is 22.7 Å². The first-order chi connectivity index (χ1) is 15.6. The number of carbonyl (C=O) groups excluding carboxylic acids is 1. The van der Waals surface area contributed by atoms with E-state index in [0.717, 1.165) is 12.0 Å². The second-order valence-electron chi connectivity index (χ2n) is 9.47. The van der Waals surface area contributed by atoms with E-state index in [1.165, 1.54) is 11.4 Å². The number of nitrogens with one attached hydrogen (secondary N) is 1. The molecule has 1 fully saturated rings. The zero-order valence-electron chi connectivity index (χ0n) is 19.8. The van der Waals surface area contributed by atoms with Gasteiger partial charge in [0.2, 0.25) is 15.9 Å². The third-order valence-electron chi connectivity index (χ3n) is 5.53. The minimum absolute atomic E-state index is 0.0211. The van der Waals surface area contributed by atoms with Crippen LogP contribution >= 0.6 is 0 Å². The SMILES string of the molecule is COc1ccc(CC(=O)NC(CC(C)(C)C)c2ccccc2)cc1S(=O)(=O)N1CCOCC1. The van der Waals surface area contributed by atoms with Gasteiger partial charge in [-0.15, -0.1) is 0 Å². The second kappa shape index (κ2) is 10.7. The summed E-state index contributed by atoms with van der Waals surface area (Å²) in [6.45, 7) is 7.73. The predicted molar refractivity (Wildman–Crippen MR) is 128 cm³/mol. The van der Waals surface area contributed by atoms with Crippen LogP contribution < -0.4 is 10.1 Å². The topological polar surface area (TPSA) is 84.9 Å². The van der Waals surface area contributed by atoms with E-state index in [-0.39, 0.29) is 34.4 Å². The van der Waals surface area contributed by atoms with E-state index in [4.69, 9.17) is 9.47 Å². The molecule has 1 heterocycles. The van der Waals surface area contributed by atoms with E-state index in [9.17, 15) is 13.2 Å². The smallest absolute Gasteiger partial charge is 0.246 e. The number of sulfonamides is 1. The normalized spacial score (nSPS) is 16.2. The summed E-state index contributed by atoms with van der Waals surface area (Å²) in [5, 5.41) is 3.14. The monoisotopic (exact) mass is 474 g/mol. The highest BCUT2D eigenvalue weighted by Gasteiger charge is 2.30. The summed E-state index contributed by atoms with van der Waals surface area (Å²) in [5.41, 5.74) is 1.68. The summed E-state index contributed by atoms with van der Waals surface area (Å²) >= 11 is 0. The fraction of sp³-hybridized carbons (Fsp3) is 0.480. The number of methoxy groups -OCH3 is 1. The Labute approximate surface area is 197 Å². The third-order valence-corrected chi connectivity index (χ3v) is 7.45. The van der Waals surface area contributed by atoms with Gasteiger partial charge < -0.3 is 14.8 Å². The van der Waals surface area contributed by atoms with Crippen LogP contribution in [0.15, 0.2) is 53.4 Å². The van der Waals surface area contributed by atoms with Gasteiger partial charge in [0.05, 0.1) is 32.8 Å². The van der Waals surface area contributed by atoms with Crippen molar-refractivity contribution in [3.8, 4) is 5.75 Å². The van der Waals surface area contributed by atoms with E-state index >= 15 is 0 Å². The van der Waals surface area contributed by atoms with Gasteiger partial charge in [-0.1, -0.05) is 57.2 Å². The summed E-state index contributed by atoms with van der Waals surface area (Å²) in [7, 11) is -2.32. The molecule has 0 radical (unpaired) electrons. The van der Waals surface area contributed by atoms with Gasteiger partial charge in [-0.2, -0.15) is 4.31 Å². The number of nitrogens with zero attached hydrogens (tertiary/aromatic N) is 1. The number of hydrogen-bond acceptors (Lipinski definition) is 5. The van der Waals surface area contributed by atoms with Crippen LogP contribution in [0.4, 0.5) is 0 Å². The molecule has 1 aliphatic rings. The number of carbonyl (C=O) groups is 1. The van der Waals surface area contributed by atoms with Crippen molar-refractivity contribution in [2.45, 2.75) is 44.6 Å². The fourth-order valence-electron chi connectivity index (χ4n) is 3.94. The van der Waals surface area contributed by atoms with Crippen LogP contribution in [0.5, 0.6) is 5.75 Å². The molecule has 180 valence electrons. The first kappa shape index (κ1) is 25.2.